The minimum absolute atomic E-state index is 0.00827. The SMILES string of the molecule is NC(=O)CN1CCC[C@@H](C(=O)N2CCN(CCOc3ccccc3)CC2)C1. The number of rotatable bonds is 7. The zero-order valence-corrected chi connectivity index (χ0v) is 15.9. The minimum Gasteiger partial charge on any atom is -0.492 e. The van der Waals surface area contributed by atoms with Crippen molar-refractivity contribution in [2.24, 2.45) is 11.7 Å². The van der Waals surface area contributed by atoms with Crippen molar-refractivity contribution in [2.45, 2.75) is 12.8 Å². The predicted molar refractivity (Wildman–Crippen MR) is 103 cm³/mol. The van der Waals surface area contributed by atoms with Gasteiger partial charge >= 0.3 is 0 Å². The number of nitrogens with two attached hydrogens (primary N) is 1. The number of benzene rings is 1. The van der Waals surface area contributed by atoms with Crippen molar-refractivity contribution >= 4 is 11.8 Å². The van der Waals surface area contributed by atoms with E-state index >= 15 is 0 Å². The van der Waals surface area contributed by atoms with E-state index in [2.05, 4.69) is 4.90 Å². The molecule has 2 N–H and O–H groups in total. The van der Waals surface area contributed by atoms with Crippen LogP contribution in [-0.2, 0) is 9.59 Å². The van der Waals surface area contributed by atoms with Crippen LogP contribution in [0.1, 0.15) is 12.8 Å². The molecule has 1 aromatic rings. The van der Waals surface area contributed by atoms with E-state index in [0.717, 1.165) is 57.9 Å². The Hall–Kier alpha value is -2.12. The normalized spacial score (nSPS) is 21.8. The fraction of sp³-hybridized carbons (Fsp3) is 0.600. The molecule has 3 rings (SSSR count). The largest absolute Gasteiger partial charge is 0.492 e. The Labute approximate surface area is 161 Å². The highest BCUT2D eigenvalue weighted by Crippen LogP contribution is 2.19. The third-order valence-corrected chi connectivity index (χ3v) is 5.34. The number of piperidine rings is 1. The smallest absolute Gasteiger partial charge is 0.231 e. The Morgan fingerprint density at radius 1 is 1.04 bits per heavy atom. The Morgan fingerprint density at radius 3 is 2.48 bits per heavy atom. The maximum Gasteiger partial charge on any atom is 0.231 e. The number of amides is 2. The number of hydrogen-bond acceptors (Lipinski definition) is 5. The zero-order chi connectivity index (χ0) is 19.1. The van der Waals surface area contributed by atoms with Gasteiger partial charge in [-0.2, -0.15) is 0 Å². The minimum atomic E-state index is -0.325. The molecular weight excluding hydrogens is 344 g/mol. The highest BCUT2D eigenvalue weighted by molar-refractivity contribution is 5.80. The molecule has 2 saturated heterocycles. The second-order valence-electron chi connectivity index (χ2n) is 7.37. The molecule has 2 amide bonds. The average Bonchev–Trinajstić information content (AvgIpc) is 2.68. The van der Waals surface area contributed by atoms with Crippen LogP contribution in [0.25, 0.3) is 0 Å². The Morgan fingerprint density at radius 2 is 1.78 bits per heavy atom. The molecule has 2 aliphatic heterocycles. The van der Waals surface area contributed by atoms with Crippen LogP contribution in [0.3, 0.4) is 0 Å². The lowest BCUT2D eigenvalue weighted by molar-refractivity contribution is -0.139. The van der Waals surface area contributed by atoms with Crippen molar-refractivity contribution in [3.63, 3.8) is 0 Å². The number of hydrogen-bond donors (Lipinski definition) is 1. The lowest BCUT2D eigenvalue weighted by Gasteiger charge is -2.38. The molecule has 1 aromatic carbocycles. The first kappa shape index (κ1) is 19.6. The molecule has 1 atom stereocenters. The Kier molecular flexibility index (Phi) is 7.06. The van der Waals surface area contributed by atoms with E-state index in [9.17, 15) is 9.59 Å². The van der Waals surface area contributed by atoms with Gasteiger partial charge in [-0.05, 0) is 31.5 Å². The molecule has 0 unspecified atom stereocenters. The van der Waals surface area contributed by atoms with Crippen LogP contribution >= 0.6 is 0 Å². The molecule has 0 saturated carbocycles. The van der Waals surface area contributed by atoms with Gasteiger partial charge in [-0.1, -0.05) is 18.2 Å². The summed E-state index contributed by atoms with van der Waals surface area (Å²) in [6.07, 6.45) is 1.85. The third kappa shape index (κ3) is 5.94. The van der Waals surface area contributed by atoms with E-state index in [1.807, 2.05) is 40.1 Å². The van der Waals surface area contributed by atoms with Gasteiger partial charge in [-0.25, -0.2) is 0 Å². The van der Waals surface area contributed by atoms with Crippen molar-refractivity contribution in [1.82, 2.24) is 14.7 Å². The topological polar surface area (TPSA) is 79.1 Å². The summed E-state index contributed by atoms with van der Waals surface area (Å²) >= 11 is 0. The van der Waals surface area contributed by atoms with Crippen LogP contribution in [0.2, 0.25) is 0 Å². The summed E-state index contributed by atoms with van der Waals surface area (Å²) in [5.74, 6) is 0.786. The van der Waals surface area contributed by atoms with Crippen LogP contribution in [-0.4, -0.2) is 85.5 Å². The second kappa shape index (κ2) is 9.71. The summed E-state index contributed by atoms with van der Waals surface area (Å²) in [7, 11) is 0. The summed E-state index contributed by atoms with van der Waals surface area (Å²) in [4.78, 5) is 30.3. The lowest BCUT2D eigenvalue weighted by atomic mass is 9.96. The molecular formula is C20H30N4O3. The fourth-order valence-electron chi connectivity index (χ4n) is 3.88. The number of nitrogens with zero attached hydrogens (tertiary/aromatic N) is 3. The molecule has 0 radical (unpaired) electrons. The van der Waals surface area contributed by atoms with Crippen LogP contribution < -0.4 is 10.5 Å². The van der Waals surface area contributed by atoms with Crippen molar-refractivity contribution in [1.29, 1.82) is 0 Å². The van der Waals surface area contributed by atoms with Crippen LogP contribution in [0.4, 0.5) is 0 Å². The van der Waals surface area contributed by atoms with Crippen LogP contribution in [0, 0.1) is 5.92 Å². The molecule has 2 heterocycles. The van der Waals surface area contributed by atoms with Gasteiger partial charge in [0.25, 0.3) is 0 Å². The molecule has 0 aromatic heterocycles. The van der Waals surface area contributed by atoms with Crippen molar-refractivity contribution in [3.8, 4) is 5.75 Å². The Bertz CT molecular complexity index is 617. The third-order valence-electron chi connectivity index (χ3n) is 5.34. The van der Waals surface area contributed by atoms with E-state index in [1.165, 1.54) is 0 Å². The first-order valence-electron chi connectivity index (χ1n) is 9.81. The number of likely N-dealkylation sites (tertiary alicyclic amines) is 1. The molecule has 2 aliphatic rings. The van der Waals surface area contributed by atoms with Gasteiger partial charge in [0.15, 0.2) is 0 Å². The molecule has 7 heteroatoms. The monoisotopic (exact) mass is 374 g/mol. The van der Waals surface area contributed by atoms with Crippen molar-refractivity contribution < 1.29 is 14.3 Å². The van der Waals surface area contributed by atoms with Gasteiger partial charge in [0.1, 0.15) is 12.4 Å². The standard InChI is InChI=1S/C20H30N4O3/c21-19(25)16-23-8-4-5-17(15-23)20(26)24-11-9-22(10-12-24)13-14-27-18-6-2-1-3-7-18/h1-3,6-7,17H,4-5,8-16H2,(H2,21,25)/t17-/m1/s1. The maximum atomic E-state index is 12.8. The highest BCUT2D eigenvalue weighted by Gasteiger charge is 2.31. The highest BCUT2D eigenvalue weighted by atomic mass is 16.5. The first-order valence-corrected chi connectivity index (χ1v) is 9.81. The lowest BCUT2D eigenvalue weighted by Crippen LogP contribution is -2.53. The van der Waals surface area contributed by atoms with Gasteiger partial charge in [0.05, 0.1) is 12.5 Å². The quantitative estimate of drug-likeness (QED) is 0.748. The van der Waals surface area contributed by atoms with Crippen LogP contribution in [0.15, 0.2) is 30.3 Å². The number of primary amides is 1. The molecule has 0 aliphatic carbocycles. The average molecular weight is 374 g/mol. The molecule has 27 heavy (non-hydrogen) atoms. The van der Waals surface area contributed by atoms with Crippen molar-refractivity contribution in [2.75, 3.05) is 59.0 Å². The number of ether oxygens (including phenoxy) is 1. The summed E-state index contributed by atoms with van der Waals surface area (Å²) in [5, 5.41) is 0. The zero-order valence-electron chi connectivity index (χ0n) is 15.9. The molecule has 148 valence electrons. The fourth-order valence-corrected chi connectivity index (χ4v) is 3.88. The van der Waals surface area contributed by atoms with E-state index in [0.29, 0.717) is 13.2 Å². The second-order valence-corrected chi connectivity index (χ2v) is 7.37. The Balaban J connectivity index is 1.38. The molecule has 7 nitrogen and oxygen atoms in total. The van der Waals surface area contributed by atoms with Crippen molar-refractivity contribution in [3.05, 3.63) is 30.3 Å². The van der Waals surface area contributed by atoms with E-state index in [1.54, 1.807) is 0 Å². The summed E-state index contributed by atoms with van der Waals surface area (Å²) in [6.45, 7) is 6.54. The van der Waals surface area contributed by atoms with Gasteiger partial charge < -0.3 is 15.4 Å². The van der Waals surface area contributed by atoms with Gasteiger partial charge in [-0.3, -0.25) is 19.4 Å². The van der Waals surface area contributed by atoms with E-state index in [4.69, 9.17) is 10.5 Å². The summed E-state index contributed by atoms with van der Waals surface area (Å²) < 4.78 is 5.76. The molecule has 2 fully saturated rings. The van der Waals surface area contributed by atoms with Gasteiger partial charge in [0, 0.05) is 39.3 Å². The van der Waals surface area contributed by atoms with Gasteiger partial charge in [0.2, 0.25) is 11.8 Å². The van der Waals surface area contributed by atoms with Gasteiger partial charge in [-0.15, -0.1) is 0 Å². The number of para-hydroxylation sites is 1. The number of piperazine rings is 1. The summed E-state index contributed by atoms with van der Waals surface area (Å²) in [6, 6.07) is 9.83. The number of carbonyl (C=O) groups excluding carboxylic acids is 2. The predicted octanol–water partition coefficient (Wildman–Crippen LogP) is 0.407. The van der Waals surface area contributed by atoms with E-state index in [-0.39, 0.29) is 24.3 Å². The van der Waals surface area contributed by atoms with Crippen LogP contribution in [0.5, 0.6) is 5.75 Å². The molecule has 0 bridgehead atoms. The van der Waals surface area contributed by atoms with E-state index < -0.39 is 0 Å². The molecule has 0 spiro atoms. The number of carbonyl (C=O) groups is 2. The first-order chi connectivity index (χ1) is 13.1. The maximum absolute atomic E-state index is 12.8. The summed E-state index contributed by atoms with van der Waals surface area (Å²) in [5.41, 5.74) is 5.29.